The molecule has 0 radical (unpaired) electrons. The summed E-state index contributed by atoms with van der Waals surface area (Å²) in [7, 11) is 0. The summed E-state index contributed by atoms with van der Waals surface area (Å²) in [6.07, 6.45) is 3.90. The molecule has 0 amide bonds. The maximum Gasteiger partial charge on any atom is 0.0463 e. The second-order valence-corrected chi connectivity index (χ2v) is 7.15. The molecule has 0 saturated carbocycles. The van der Waals surface area contributed by atoms with Gasteiger partial charge in [0.05, 0.1) is 0 Å². The zero-order valence-corrected chi connectivity index (χ0v) is 14.3. The molecule has 112 valence electrons. The third kappa shape index (κ3) is 3.15. The summed E-state index contributed by atoms with van der Waals surface area (Å²) in [6.45, 7) is 15.3. The Morgan fingerprint density at radius 1 is 1.05 bits per heavy atom. The molecule has 0 atom stereocenters. The van der Waals surface area contributed by atoms with Gasteiger partial charge in [-0.25, -0.2) is 0 Å². The molecule has 0 saturated heterocycles. The molecule has 2 nitrogen and oxygen atoms in total. The van der Waals surface area contributed by atoms with E-state index < -0.39 is 0 Å². The molecule has 0 aliphatic rings. The summed E-state index contributed by atoms with van der Waals surface area (Å²) in [5.74, 6) is 0.479. The van der Waals surface area contributed by atoms with E-state index in [9.17, 15) is 0 Å². The molecule has 2 heteroatoms. The number of pyridine rings is 2. The fourth-order valence-electron chi connectivity index (χ4n) is 2.62. The molecule has 2 rings (SSSR count). The smallest absolute Gasteiger partial charge is 0.0463 e. The van der Waals surface area contributed by atoms with Crippen molar-refractivity contribution < 1.29 is 0 Å². The molecule has 0 spiro atoms. The van der Waals surface area contributed by atoms with Crippen molar-refractivity contribution >= 4 is 0 Å². The average molecular weight is 282 g/mol. The zero-order valence-electron chi connectivity index (χ0n) is 14.3. The van der Waals surface area contributed by atoms with Gasteiger partial charge in [-0.3, -0.25) is 9.97 Å². The van der Waals surface area contributed by atoms with Gasteiger partial charge in [-0.05, 0) is 48.6 Å². The van der Waals surface area contributed by atoms with E-state index in [1.165, 1.54) is 22.3 Å². The Morgan fingerprint density at radius 2 is 1.71 bits per heavy atom. The van der Waals surface area contributed by atoms with E-state index in [1.807, 2.05) is 12.4 Å². The normalized spacial score (nSPS) is 12.0. The monoisotopic (exact) mass is 282 g/mol. The van der Waals surface area contributed by atoms with Crippen molar-refractivity contribution in [3.05, 3.63) is 47.0 Å². The molecule has 0 aliphatic heterocycles. The molecule has 2 aromatic rings. The molecule has 21 heavy (non-hydrogen) atoms. The fourth-order valence-corrected chi connectivity index (χ4v) is 2.62. The van der Waals surface area contributed by atoms with Gasteiger partial charge in [0.15, 0.2) is 0 Å². The van der Waals surface area contributed by atoms with Crippen molar-refractivity contribution in [2.45, 2.75) is 59.8 Å². The first-order chi connectivity index (χ1) is 9.71. The van der Waals surface area contributed by atoms with Gasteiger partial charge in [-0.1, -0.05) is 34.6 Å². The Bertz CT molecular complexity index is 649. The van der Waals surface area contributed by atoms with E-state index in [1.54, 1.807) is 0 Å². The Balaban J connectivity index is 2.73. The molecule has 0 aliphatic carbocycles. The lowest BCUT2D eigenvalue weighted by Gasteiger charge is -2.21. The van der Waals surface area contributed by atoms with Gasteiger partial charge in [-0.2, -0.15) is 0 Å². The van der Waals surface area contributed by atoms with Gasteiger partial charge in [0.2, 0.25) is 0 Å². The SMILES string of the molecule is Cc1cnc(C(C)(C)C)cc1-c1c(C(C)C)ccnc1C. The van der Waals surface area contributed by atoms with Crippen molar-refractivity contribution in [3.8, 4) is 11.1 Å². The van der Waals surface area contributed by atoms with E-state index in [0.717, 1.165) is 11.4 Å². The van der Waals surface area contributed by atoms with Crippen LogP contribution in [0.3, 0.4) is 0 Å². The van der Waals surface area contributed by atoms with E-state index in [0.29, 0.717) is 5.92 Å². The number of hydrogen-bond donors (Lipinski definition) is 0. The Hall–Kier alpha value is -1.70. The summed E-state index contributed by atoms with van der Waals surface area (Å²) < 4.78 is 0. The van der Waals surface area contributed by atoms with E-state index in [-0.39, 0.29) is 5.41 Å². The quantitative estimate of drug-likeness (QED) is 0.758. The van der Waals surface area contributed by atoms with Crippen molar-refractivity contribution in [1.82, 2.24) is 9.97 Å². The average Bonchev–Trinajstić information content (AvgIpc) is 2.38. The third-order valence-electron chi connectivity index (χ3n) is 3.94. The first kappa shape index (κ1) is 15.7. The molecule has 0 bridgehead atoms. The molecule has 0 unspecified atom stereocenters. The van der Waals surface area contributed by atoms with Crippen molar-refractivity contribution in [2.75, 3.05) is 0 Å². The zero-order chi connectivity index (χ0) is 15.8. The van der Waals surface area contributed by atoms with E-state index in [4.69, 9.17) is 0 Å². The minimum Gasteiger partial charge on any atom is -0.261 e. The summed E-state index contributed by atoms with van der Waals surface area (Å²) >= 11 is 0. The standard InChI is InChI=1S/C19H26N2/c1-12(2)15-8-9-20-14(4)18(15)16-10-17(19(5,6)7)21-11-13(16)3/h8-12H,1-7H3. The number of rotatable bonds is 2. The van der Waals surface area contributed by atoms with Crippen LogP contribution in [0.4, 0.5) is 0 Å². The van der Waals surface area contributed by atoms with Gasteiger partial charge in [-0.15, -0.1) is 0 Å². The topological polar surface area (TPSA) is 25.8 Å². The number of aromatic nitrogens is 2. The van der Waals surface area contributed by atoms with Gasteiger partial charge in [0.25, 0.3) is 0 Å². The highest BCUT2D eigenvalue weighted by Crippen LogP contribution is 2.35. The van der Waals surface area contributed by atoms with Crippen molar-refractivity contribution in [3.63, 3.8) is 0 Å². The first-order valence-corrected chi connectivity index (χ1v) is 7.65. The molecule has 2 aromatic heterocycles. The van der Waals surface area contributed by atoms with Crippen molar-refractivity contribution in [1.29, 1.82) is 0 Å². The first-order valence-electron chi connectivity index (χ1n) is 7.65. The molecule has 0 fully saturated rings. The number of nitrogens with zero attached hydrogens (tertiary/aromatic N) is 2. The minimum absolute atomic E-state index is 0.0521. The summed E-state index contributed by atoms with van der Waals surface area (Å²) in [5, 5.41) is 0. The lowest BCUT2D eigenvalue weighted by Crippen LogP contribution is -2.14. The van der Waals surface area contributed by atoms with Crippen LogP contribution in [-0.4, -0.2) is 9.97 Å². The predicted octanol–water partition coefficient (Wildman–Crippen LogP) is 5.18. The molecular weight excluding hydrogens is 256 g/mol. The highest BCUT2D eigenvalue weighted by atomic mass is 14.7. The molecule has 0 N–H and O–H groups in total. The van der Waals surface area contributed by atoms with E-state index in [2.05, 4.69) is 70.6 Å². The second-order valence-electron chi connectivity index (χ2n) is 7.15. The molecule has 2 heterocycles. The van der Waals surface area contributed by atoms with Crippen LogP contribution >= 0.6 is 0 Å². The van der Waals surface area contributed by atoms with Crippen LogP contribution in [0, 0.1) is 13.8 Å². The van der Waals surface area contributed by atoms with Crippen LogP contribution in [0.2, 0.25) is 0 Å². The highest BCUT2D eigenvalue weighted by Gasteiger charge is 2.19. The van der Waals surface area contributed by atoms with Gasteiger partial charge in [0.1, 0.15) is 0 Å². The second kappa shape index (κ2) is 5.59. The maximum atomic E-state index is 4.62. The third-order valence-corrected chi connectivity index (χ3v) is 3.94. The Kier molecular flexibility index (Phi) is 4.18. The van der Waals surface area contributed by atoms with Crippen LogP contribution in [0.5, 0.6) is 0 Å². The van der Waals surface area contributed by atoms with Gasteiger partial charge in [0, 0.05) is 34.8 Å². The lowest BCUT2D eigenvalue weighted by molar-refractivity contribution is 0.569. The van der Waals surface area contributed by atoms with E-state index >= 15 is 0 Å². The van der Waals surface area contributed by atoms with Crippen LogP contribution in [0.15, 0.2) is 24.5 Å². The number of hydrogen-bond acceptors (Lipinski definition) is 2. The van der Waals surface area contributed by atoms with Gasteiger partial charge >= 0.3 is 0 Å². The van der Waals surface area contributed by atoms with Crippen LogP contribution < -0.4 is 0 Å². The molecule has 0 aromatic carbocycles. The highest BCUT2D eigenvalue weighted by molar-refractivity contribution is 5.73. The fraction of sp³-hybridized carbons (Fsp3) is 0.474. The Labute approximate surface area is 128 Å². The van der Waals surface area contributed by atoms with Crippen LogP contribution in [-0.2, 0) is 5.41 Å². The van der Waals surface area contributed by atoms with Crippen LogP contribution in [0.25, 0.3) is 11.1 Å². The summed E-state index contributed by atoms with van der Waals surface area (Å²) in [4.78, 5) is 9.13. The van der Waals surface area contributed by atoms with Gasteiger partial charge < -0.3 is 0 Å². The number of aryl methyl sites for hydroxylation is 2. The largest absolute Gasteiger partial charge is 0.261 e. The summed E-state index contributed by atoms with van der Waals surface area (Å²) in [5.41, 5.74) is 7.38. The Morgan fingerprint density at radius 3 is 2.29 bits per heavy atom. The van der Waals surface area contributed by atoms with Crippen LogP contribution in [0.1, 0.15) is 63.1 Å². The van der Waals surface area contributed by atoms with Crippen molar-refractivity contribution in [2.24, 2.45) is 0 Å². The maximum absolute atomic E-state index is 4.62. The lowest BCUT2D eigenvalue weighted by atomic mass is 9.86. The minimum atomic E-state index is 0.0521. The molecular formula is C19H26N2. The summed E-state index contributed by atoms with van der Waals surface area (Å²) in [6, 6.07) is 4.38. The predicted molar refractivity (Wildman–Crippen MR) is 89.7 cm³/mol.